The number of nitrogens with zero attached hydrogens (tertiary/aromatic N) is 2. The lowest BCUT2D eigenvalue weighted by Crippen LogP contribution is -2.22. The molecule has 5 aromatic carbocycles. The van der Waals surface area contributed by atoms with E-state index in [1.165, 1.54) is 47.5 Å². The Balaban J connectivity index is 1.54. The SMILES string of the molecule is C=NC(N/C(=C\Cc1ccccc1)n1c2c3ccccc3ccc2c2sc3ccccc3c21)c1ccccc1. The molecule has 0 aliphatic heterocycles. The zero-order valence-corrected chi connectivity index (χ0v) is 22.2. The molecule has 2 aromatic heterocycles. The number of aromatic nitrogens is 1. The number of allylic oxidation sites excluding steroid dienone is 1. The largest absolute Gasteiger partial charge is 0.346 e. The minimum atomic E-state index is -0.291. The minimum Gasteiger partial charge on any atom is -0.346 e. The summed E-state index contributed by atoms with van der Waals surface area (Å²) in [6.45, 7) is 3.96. The third-order valence-electron chi connectivity index (χ3n) is 7.36. The van der Waals surface area contributed by atoms with Crippen molar-refractivity contribution >= 4 is 65.9 Å². The predicted molar refractivity (Wildman–Crippen MR) is 169 cm³/mol. The van der Waals surface area contributed by atoms with Crippen LogP contribution in [0.25, 0.3) is 47.8 Å². The lowest BCUT2D eigenvalue weighted by atomic mass is 10.1. The van der Waals surface area contributed by atoms with E-state index >= 15 is 0 Å². The molecular weight excluding hydrogens is 494 g/mol. The van der Waals surface area contributed by atoms with Crippen molar-refractivity contribution in [1.82, 2.24) is 9.88 Å². The summed E-state index contributed by atoms with van der Waals surface area (Å²) in [5, 5.41) is 8.78. The van der Waals surface area contributed by atoms with Gasteiger partial charge in [-0.15, -0.1) is 11.3 Å². The minimum absolute atomic E-state index is 0.291. The van der Waals surface area contributed by atoms with Crippen molar-refractivity contribution in [3.05, 3.63) is 139 Å². The summed E-state index contributed by atoms with van der Waals surface area (Å²) in [5.74, 6) is 1.00. The second-order valence-corrected chi connectivity index (χ2v) is 10.8. The monoisotopic (exact) mass is 521 g/mol. The summed E-state index contributed by atoms with van der Waals surface area (Å²) in [6.07, 6.45) is 2.79. The van der Waals surface area contributed by atoms with E-state index in [9.17, 15) is 0 Å². The van der Waals surface area contributed by atoms with Gasteiger partial charge in [0.1, 0.15) is 12.0 Å². The van der Waals surface area contributed by atoms with Gasteiger partial charge in [-0.25, -0.2) is 0 Å². The molecule has 0 fully saturated rings. The van der Waals surface area contributed by atoms with Crippen LogP contribution < -0.4 is 5.32 Å². The van der Waals surface area contributed by atoms with Crippen molar-refractivity contribution in [3.63, 3.8) is 0 Å². The zero-order valence-electron chi connectivity index (χ0n) is 21.4. The third kappa shape index (κ3) is 4.10. The van der Waals surface area contributed by atoms with Crippen LogP contribution in [0.4, 0.5) is 0 Å². The molecule has 3 nitrogen and oxygen atoms in total. The number of nitrogens with one attached hydrogen (secondary N) is 1. The number of fused-ring (bicyclic) bond motifs is 7. The van der Waals surface area contributed by atoms with Gasteiger partial charge in [0, 0.05) is 20.9 Å². The Morgan fingerprint density at radius 3 is 2.23 bits per heavy atom. The van der Waals surface area contributed by atoms with Crippen LogP contribution in [-0.4, -0.2) is 11.3 Å². The van der Waals surface area contributed by atoms with Gasteiger partial charge in [0.15, 0.2) is 0 Å². The van der Waals surface area contributed by atoms with Crippen LogP contribution in [-0.2, 0) is 6.42 Å². The summed E-state index contributed by atoms with van der Waals surface area (Å²) in [7, 11) is 0. The van der Waals surface area contributed by atoms with Gasteiger partial charge in [0.25, 0.3) is 0 Å². The number of hydrogen-bond acceptors (Lipinski definition) is 3. The smallest absolute Gasteiger partial charge is 0.145 e. The van der Waals surface area contributed by atoms with Gasteiger partial charge in [-0.2, -0.15) is 0 Å². The molecule has 2 heterocycles. The van der Waals surface area contributed by atoms with Crippen LogP contribution in [0.1, 0.15) is 17.3 Å². The molecule has 4 heteroatoms. The number of benzene rings is 5. The Hall–Kier alpha value is -4.67. The van der Waals surface area contributed by atoms with Crippen LogP contribution in [0.2, 0.25) is 0 Å². The van der Waals surface area contributed by atoms with E-state index in [-0.39, 0.29) is 6.17 Å². The van der Waals surface area contributed by atoms with E-state index in [1.807, 2.05) is 29.5 Å². The number of rotatable bonds is 7. The lowest BCUT2D eigenvalue weighted by Gasteiger charge is -2.21. The molecule has 188 valence electrons. The molecule has 0 saturated carbocycles. The van der Waals surface area contributed by atoms with Gasteiger partial charge in [-0.3, -0.25) is 9.56 Å². The topological polar surface area (TPSA) is 29.3 Å². The number of aliphatic imine (C=N–C) groups is 1. The first kappa shape index (κ1) is 23.4. The van der Waals surface area contributed by atoms with Gasteiger partial charge in [-0.05, 0) is 41.8 Å². The maximum absolute atomic E-state index is 4.52. The maximum Gasteiger partial charge on any atom is 0.145 e. The van der Waals surface area contributed by atoms with E-state index in [2.05, 4.69) is 131 Å². The average Bonchev–Trinajstić information content (AvgIpc) is 3.53. The summed E-state index contributed by atoms with van der Waals surface area (Å²) in [6, 6.07) is 42.8. The van der Waals surface area contributed by atoms with Gasteiger partial charge in [0.05, 0.1) is 15.7 Å². The van der Waals surface area contributed by atoms with Crippen LogP contribution in [0.15, 0.2) is 132 Å². The fraction of sp³-hybridized carbons (Fsp3) is 0.0571. The Labute approximate surface area is 231 Å². The molecule has 0 bridgehead atoms. The van der Waals surface area contributed by atoms with Crippen molar-refractivity contribution < 1.29 is 0 Å². The van der Waals surface area contributed by atoms with Crippen LogP contribution in [0, 0.1) is 0 Å². The molecule has 0 saturated heterocycles. The Morgan fingerprint density at radius 1 is 0.744 bits per heavy atom. The second kappa shape index (κ2) is 9.90. The molecule has 7 aromatic rings. The van der Waals surface area contributed by atoms with Crippen molar-refractivity contribution in [2.75, 3.05) is 0 Å². The van der Waals surface area contributed by atoms with Gasteiger partial charge in [0.2, 0.25) is 0 Å². The van der Waals surface area contributed by atoms with Crippen LogP contribution in [0.3, 0.4) is 0 Å². The molecule has 1 atom stereocenters. The first-order valence-corrected chi connectivity index (χ1v) is 14.0. The summed E-state index contributed by atoms with van der Waals surface area (Å²) < 4.78 is 5.01. The lowest BCUT2D eigenvalue weighted by molar-refractivity contribution is 0.656. The predicted octanol–water partition coefficient (Wildman–Crippen LogP) is 9.19. The van der Waals surface area contributed by atoms with Gasteiger partial charge in [-0.1, -0.05) is 115 Å². The maximum atomic E-state index is 4.52. The van der Waals surface area contributed by atoms with Crippen LogP contribution >= 0.6 is 11.3 Å². The van der Waals surface area contributed by atoms with Crippen molar-refractivity contribution in [2.24, 2.45) is 4.99 Å². The Kier molecular flexibility index (Phi) is 5.95. The van der Waals surface area contributed by atoms with Gasteiger partial charge < -0.3 is 5.32 Å². The molecule has 0 radical (unpaired) electrons. The highest BCUT2D eigenvalue weighted by Crippen LogP contribution is 2.44. The van der Waals surface area contributed by atoms with Gasteiger partial charge >= 0.3 is 0 Å². The zero-order chi connectivity index (χ0) is 26.2. The molecule has 1 unspecified atom stereocenters. The molecule has 0 aliphatic carbocycles. The molecule has 0 amide bonds. The molecule has 0 aliphatic rings. The highest BCUT2D eigenvalue weighted by Gasteiger charge is 2.22. The standard InChI is InChI=1S/C35H27N3S/c1-36-35(26-15-6-3-7-16-26)37-31(23-20-24-12-4-2-5-13-24)38-32-27-17-9-8-14-25(27)21-22-29(32)34-33(38)28-18-10-11-19-30(28)39-34/h2-19,21-23,35,37H,1,20H2/b31-23+. The van der Waals surface area contributed by atoms with E-state index in [0.717, 1.165) is 17.8 Å². The molecule has 0 spiro atoms. The summed E-state index contributed by atoms with van der Waals surface area (Å²) in [4.78, 5) is 4.52. The van der Waals surface area contributed by atoms with Crippen molar-refractivity contribution in [3.8, 4) is 0 Å². The number of hydrogen-bond donors (Lipinski definition) is 1. The summed E-state index contributed by atoms with van der Waals surface area (Å²) >= 11 is 1.86. The average molecular weight is 522 g/mol. The van der Waals surface area contributed by atoms with E-state index in [0.29, 0.717) is 0 Å². The molecule has 7 rings (SSSR count). The quantitative estimate of drug-likeness (QED) is 0.208. The fourth-order valence-electron chi connectivity index (χ4n) is 5.52. The normalized spacial score (nSPS) is 12.9. The summed E-state index contributed by atoms with van der Waals surface area (Å²) in [5.41, 5.74) is 4.77. The first-order valence-electron chi connectivity index (χ1n) is 13.2. The van der Waals surface area contributed by atoms with E-state index in [1.54, 1.807) is 0 Å². The van der Waals surface area contributed by atoms with Crippen LogP contribution in [0.5, 0.6) is 0 Å². The van der Waals surface area contributed by atoms with Crippen molar-refractivity contribution in [1.29, 1.82) is 0 Å². The third-order valence-corrected chi connectivity index (χ3v) is 8.55. The first-order chi connectivity index (χ1) is 19.3. The molecule has 1 N–H and O–H groups in total. The molecular formula is C35H27N3S. The van der Waals surface area contributed by atoms with Crippen molar-refractivity contribution in [2.45, 2.75) is 12.6 Å². The highest BCUT2D eigenvalue weighted by molar-refractivity contribution is 7.26. The van der Waals surface area contributed by atoms with E-state index < -0.39 is 0 Å². The molecule has 39 heavy (non-hydrogen) atoms. The van der Waals surface area contributed by atoms with E-state index in [4.69, 9.17) is 0 Å². The highest BCUT2D eigenvalue weighted by atomic mass is 32.1. The Morgan fingerprint density at radius 2 is 1.44 bits per heavy atom. The second-order valence-electron chi connectivity index (χ2n) is 9.71. The Bertz CT molecular complexity index is 1970. The number of thiophene rings is 1. The fourth-order valence-corrected chi connectivity index (χ4v) is 6.74.